The lowest BCUT2D eigenvalue weighted by Crippen LogP contribution is -2.33. The molecule has 3 rings (SSSR count). The van der Waals surface area contributed by atoms with E-state index in [0.717, 1.165) is 15.4 Å². The van der Waals surface area contributed by atoms with E-state index in [1.54, 1.807) is 11.4 Å². The van der Waals surface area contributed by atoms with Crippen LogP contribution in [-0.2, 0) is 0 Å². The van der Waals surface area contributed by atoms with E-state index in [1.165, 1.54) is 24.3 Å². The van der Waals surface area contributed by atoms with E-state index in [0.29, 0.717) is 11.4 Å². The van der Waals surface area contributed by atoms with Crippen molar-refractivity contribution >= 4 is 44.3 Å². The summed E-state index contributed by atoms with van der Waals surface area (Å²) < 4.78 is 37.3. The molecule has 0 radical (unpaired) electrons. The van der Waals surface area contributed by atoms with Crippen LogP contribution in [0.4, 0.5) is 18.9 Å². The zero-order chi connectivity index (χ0) is 19.6. The minimum atomic E-state index is -4.47. The summed E-state index contributed by atoms with van der Waals surface area (Å²) in [7, 11) is 0. The number of aromatic amines is 1. The number of benzene rings is 2. The molecule has 0 aliphatic carbocycles. The Morgan fingerprint density at radius 3 is 2.37 bits per heavy atom. The second kappa shape index (κ2) is 7.43. The Bertz CT molecular complexity index is 997. The average Bonchev–Trinajstić information content (AvgIpc) is 3.03. The molecule has 2 aromatic carbocycles. The average molecular weight is 440 g/mol. The molecule has 2 amide bonds. The molecular formula is C18H13BrF3N3O2. The number of halogens is 4. The number of alkyl halides is 3. The minimum absolute atomic E-state index is 0.0627. The summed E-state index contributed by atoms with van der Waals surface area (Å²) in [4.78, 5) is 27.0. The molecule has 3 N–H and O–H groups in total. The second-order valence-electron chi connectivity index (χ2n) is 5.74. The van der Waals surface area contributed by atoms with Crippen molar-refractivity contribution in [2.75, 3.05) is 11.9 Å². The highest BCUT2D eigenvalue weighted by Crippen LogP contribution is 2.21. The van der Waals surface area contributed by atoms with Gasteiger partial charge in [-0.3, -0.25) is 9.59 Å². The second-order valence-corrected chi connectivity index (χ2v) is 6.66. The van der Waals surface area contributed by atoms with E-state index in [9.17, 15) is 22.8 Å². The molecule has 27 heavy (non-hydrogen) atoms. The summed E-state index contributed by atoms with van der Waals surface area (Å²) in [5, 5.41) is 5.31. The zero-order valence-electron chi connectivity index (χ0n) is 13.7. The zero-order valence-corrected chi connectivity index (χ0v) is 15.2. The van der Waals surface area contributed by atoms with Crippen LogP contribution in [0.2, 0.25) is 0 Å². The highest BCUT2D eigenvalue weighted by Gasteiger charge is 2.27. The van der Waals surface area contributed by atoms with Crippen LogP contribution < -0.4 is 10.6 Å². The lowest BCUT2D eigenvalue weighted by Gasteiger charge is -2.09. The predicted octanol–water partition coefficient (Wildman–Crippen LogP) is 4.47. The van der Waals surface area contributed by atoms with Crippen LogP contribution in [0.25, 0.3) is 10.9 Å². The van der Waals surface area contributed by atoms with Gasteiger partial charge in [-0.2, -0.15) is 13.2 Å². The number of hydrogen-bond acceptors (Lipinski definition) is 2. The summed E-state index contributed by atoms with van der Waals surface area (Å²) in [5.41, 5.74) is 1.63. The number of amides is 2. The minimum Gasteiger partial charge on any atom is -0.351 e. The lowest BCUT2D eigenvalue weighted by molar-refractivity contribution is -0.123. The largest absolute Gasteiger partial charge is 0.405 e. The predicted molar refractivity (Wildman–Crippen MR) is 98.8 cm³/mol. The molecule has 9 heteroatoms. The normalized spacial score (nSPS) is 11.4. The van der Waals surface area contributed by atoms with Gasteiger partial charge in [0.05, 0.1) is 0 Å². The van der Waals surface area contributed by atoms with Crippen LogP contribution in [0, 0.1) is 0 Å². The van der Waals surface area contributed by atoms with Gasteiger partial charge < -0.3 is 15.6 Å². The fraction of sp³-hybridized carbons (Fsp3) is 0.111. The third-order valence-corrected chi connectivity index (χ3v) is 4.18. The Labute approximate surface area is 160 Å². The van der Waals surface area contributed by atoms with E-state index in [1.807, 2.05) is 18.2 Å². The van der Waals surface area contributed by atoms with Crippen molar-refractivity contribution in [3.05, 3.63) is 64.3 Å². The first kappa shape index (κ1) is 19.0. The topological polar surface area (TPSA) is 74.0 Å². The molecule has 0 saturated carbocycles. The molecule has 1 heterocycles. The van der Waals surface area contributed by atoms with Crippen LogP contribution in [0.5, 0.6) is 0 Å². The number of carbonyl (C=O) groups excluding carboxylic acids is 2. The Morgan fingerprint density at radius 1 is 1.00 bits per heavy atom. The van der Waals surface area contributed by atoms with E-state index in [4.69, 9.17) is 0 Å². The maximum absolute atomic E-state index is 12.3. The Balaban J connectivity index is 1.66. The Kier molecular flexibility index (Phi) is 5.22. The molecule has 1 aromatic heterocycles. The molecule has 0 atom stereocenters. The first-order valence-electron chi connectivity index (χ1n) is 7.76. The van der Waals surface area contributed by atoms with Crippen molar-refractivity contribution in [2.24, 2.45) is 0 Å². The SMILES string of the molecule is O=C(NCC(F)(F)F)c1ccc(NC(=O)c2cc3cc(Br)ccc3[nH]2)cc1. The third kappa shape index (κ3) is 4.88. The molecule has 0 fully saturated rings. The first-order chi connectivity index (χ1) is 12.7. The molecule has 5 nitrogen and oxygen atoms in total. The summed E-state index contributed by atoms with van der Waals surface area (Å²) in [6.45, 7) is -1.40. The van der Waals surface area contributed by atoms with Crippen molar-refractivity contribution in [1.82, 2.24) is 10.3 Å². The van der Waals surface area contributed by atoms with Gasteiger partial charge in [0.2, 0.25) is 0 Å². The molecule has 140 valence electrons. The van der Waals surface area contributed by atoms with Crippen molar-refractivity contribution in [3.8, 4) is 0 Å². The number of aromatic nitrogens is 1. The van der Waals surface area contributed by atoms with Crippen molar-refractivity contribution in [1.29, 1.82) is 0 Å². The third-order valence-electron chi connectivity index (χ3n) is 3.68. The first-order valence-corrected chi connectivity index (χ1v) is 8.55. The van der Waals surface area contributed by atoms with Gasteiger partial charge in [0.15, 0.2) is 0 Å². The Hall–Kier alpha value is -2.81. The van der Waals surface area contributed by atoms with Crippen molar-refractivity contribution in [2.45, 2.75) is 6.18 Å². The molecule has 3 aromatic rings. The van der Waals surface area contributed by atoms with Crippen LogP contribution in [-0.4, -0.2) is 29.5 Å². The highest BCUT2D eigenvalue weighted by atomic mass is 79.9. The number of rotatable bonds is 4. The molecule has 0 saturated heterocycles. The van der Waals surface area contributed by atoms with Crippen LogP contribution >= 0.6 is 15.9 Å². The van der Waals surface area contributed by atoms with Gasteiger partial charge >= 0.3 is 6.18 Å². The number of nitrogens with one attached hydrogen (secondary N) is 3. The van der Waals surface area contributed by atoms with Crippen LogP contribution in [0.1, 0.15) is 20.8 Å². The molecule has 0 unspecified atom stereocenters. The fourth-order valence-corrected chi connectivity index (χ4v) is 2.79. The van der Waals surface area contributed by atoms with Gasteiger partial charge in [0.1, 0.15) is 12.2 Å². The fourth-order valence-electron chi connectivity index (χ4n) is 2.41. The number of hydrogen-bond donors (Lipinski definition) is 3. The van der Waals surface area contributed by atoms with Crippen molar-refractivity contribution < 1.29 is 22.8 Å². The van der Waals surface area contributed by atoms with Gasteiger partial charge in [0, 0.05) is 26.6 Å². The standard InChI is InChI=1S/C18H13BrF3N3O2/c19-12-3-6-14-11(7-12)8-15(25-14)17(27)24-13-4-1-10(2-5-13)16(26)23-9-18(20,21)22/h1-8,25H,9H2,(H,23,26)(H,24,27). The van der Waals surface area contributed by atoms with Gasteiger partial charge in [0.25, 0.3) is 11.8 Å². The molecular weight excluding hydrogens is 427 g/mol. The van der Waals surface area contributed by atoms with E-state index < -0.39 is 18.6 Å². The maximum Gasteiger partial charge on any atom is 0.405 e. The number of fused-ring (bicyclic) bond motifs is 1. The lowest BCUT2D eigenvalue weighted by atomic mass is 10.2. The molecule has 0 aliphatic heterocycles. The molecule has 0 spiro atoms. The van der Waals surface area contributed by atoms with Gasteiger partial charge in [-0.1, -0.05) is 15.9 Å². The summed E-state index contributed by atoms with van der Waals surface area (Å²) in [6.07, 6.45) is -4.47. The Morgan fingerprint density at radius 2 is 1.70 bits per heavy atom. The van der Waals surface area contributed by atoms with Crippen LogP contribution in [0.15, 0.2) is 53.0 Å². The van der Waals surface area contributed by atoms with Gasteiger partial charge in [-0.15, -0.1) is 0 Å². The van der Waals surface area contributed by atoms with E-state index in [2.05, 4.69) is 26.2 Å². The summed E-state index contributed by atoms with van der Waals surface area (Å²) in [5.74, 6) is -1.22. The number of carbonyl (C=O) groups is 2. The summed E-state index contributed by atoms with van der Waals surface area (Å²) >= 11 is 3.36. The molecule has 0 bridgehead atoms. The highest BCUT2D eigenvalue weighted by molar-refractivity contribution is 9.10. The maximum atomic E-state index is 12.3. The smallest absolute Gasteiger partial charge is 0.351 e. The van der Waals surface area contributed by atoms with E-state index in [-0.39, 0.29) is 11.5 Å². The van der Waals surface area contributed by atoms with Crippen LogP contribution in [0.3, 0.4) is 0 Å². The summed E-state index contributed by atoms with van der Waals surface area (Å²) in [6, 6.07) is 12.8. The number of anilines is 1. The van der Waals surface area contributed by atoms with Gasteiger partial charge in [-0.25, -0.2) is 0 Å². The van der Waals surface area contributed by atoms with Crippen molar-refractivity contribution in [3.63, 3.8) is 0 Å². The van der Waals surface area contributed by atoms with E-state index >= 15 is 0 Å². The molecule has 0 aliphatic rings. The monoisotopic (exact) mass is 439 g/mol. The quantitative estimate of drug-likeness (QED) is 0.560. The van der Waals surface area contributed by atoms with Gasteiger partial charge in [-0.05, 0) is 48.5 Å². The number of H-pyrrole nitrogens is 1.